The highest BCUT2D eigenvalue weighted by Crippen LogP contribution is 2.48. The van der Waals surface area contributed by atoms with Gasteiger partial charge in [-0.2, -0.15) is 12.6 Å². The number of rotatable bonds is 5. The van der Waals surface area contributed by atoms with Crippen LogP contribution in [-0.2, 0) is 4.43 Å². The van der Waals surface area contributed by atoms with Crippen molar-refractivity contribution in [2.45, 2.75) is 76.4 Å². The van der Waals surface area contributed by atoms with E-state index in [9.17, 15) is 0 Å². The van der Waals surface area contributed by atoms with Crippen molar-refractivity contribution in [3.05, 3.63) is 34.1 Å². The second-order valence-corrected chi connectivity index (χ2v) is 16.3. The van der Waals surface area contributed by atoms with Gasteiger partial charge in [-0.3, -0.25) is 0 Å². The Kier molecular flexibility index (Phi) is 6.43. The van der Waals surface area contributed by atoms with Gasteiger partial charge in [0.2, 0.25) is 0 Å². The molecule has 2 N–H and O–H groups in total. The van der Waals surface area contributed by atoms with Crippen LogP contribution in [0.4, 0.5) is 0 Å². The fourth-order valence-corrected chi connectivity index (χ4v) is 4.98. The van der Waals surface area contributed by atoms with Crippen LogP contribution in [0.15, 0.2) is 28.4 Å². The molecule has 1 fully saturated rings. The molecule has 146 valence electrons. The number of nitrogens with two attached hydrogens (primary N) is 1. The summed E-state index contributed by atoms with van der Waals surface area (Å²) < 4.78 is 7.45. The summed E-state index contributed by atoms with van der Waals surface area (Å²) in [5, 5.41) is 0.199. The second kappa shape index (κ2) is 7.61. The highest BCUT2D eigenvalue weighted by Gasteiger charge is 2.47. The fourth-order valence-electron chi connectivity index (χ4n) is 3.08. The van der Waals surface area contributed by atoms with Crippen molar-refractivity contribution in [2.75, 3.05) is 0 Å². The van der Waals surface area contributed by atoms with Crippen molar-refractivity contribution in [3.8, 4) is 0 Å². The molecule has 3 nitrogen and oxygen atoms in total. The van der Waals surface area contributed by atoms with Crippen LogP contribution in [-0.4, -0.2) is 24.2 Å². The molecule has 0 spiro atoms. The zero-order valence-electron chi connectivity index (χ0n) is 17.1. The number of nitrogens with zero attached hydrogens (tertiary/aromatic N) is 1. The molecular weight excluding hydrogens is 424 g/mol. The van der Waals surface area contributed by atoms with E-state index in [1.807, 2.05) is 18.2 Å². The van der Waals surface area contributed by atoms with Crippen LogP contribution in [0.1, 0.15) is 53.2 Å². The second-order valence-electron chi connectivity index (χ2n) is 9.53. The largest absolute Gasteiger partial charge is 0.413 e. The Labute approximate surface area is 173 Å². The predicted molar refractivity (Wildman–Crippen MR) is 121 cm³/mol. The SMILES string of the molecule is CC(C)(S)C[C@H]1/C(=C(\N)c2cccc(Br)n2)CC1O[Si](C)(C)C(C)(C)C. The molecule has 6 heteroatoms. The van der Waals surface area contributed by atoms with Gasteiger partial charge in [-0.1, -0.05) is 40.7 Å². The first-order valence-electron chi connectivity index (χ1n) is 9.23. The van der Waals surface area contributed by atoms with Gasteiger partial charge < -0.3 is 10.2 Å². The van der Waals surface area contributed by atoms with Gasteiger partial charge in [-0.15, -0.1) is 0 Å². The van der Waals surface area contributed by atoms with Crippen molar-refractivity contribution < 1.29 is 4.43 Å². The van der Waals surface area contributed by atoms with Gasteiger partial charge in [0.05, 0.1) is 17.5 Å². The van der Waals surface area contributed by atoms with Crippen LogP contribution in [0.5, 0.6) is 0 Å². The summed E-state index contributed by atoms with van der Waals surface area (Å²) >= 11 is 8.21. The van der Waals surface area contributed by atoms with E-state index in [0.29, 0.717) is 5.92 Å². The molecule has 2 atom stereocenters. The van der Waals surface area contributed by atoms with E-state index in [0.717, 1.165) is 28.8 Å². The van der Waals surface area contributed by atoms with Crippen LogP contribution in [0.3, 0.4) is 0 Å². The third kappa shape index (κ3) is 5.15. The first-order valence-corrected chi connectivity index (χ1v) is 13.4. The normalized spacial score (nSPS) is 23.6. The maximum absolute atomic E-state index is 6.72. The maximum Gasteiger partial charge on any atom is 0.192 e. The van der Waals surface area contributed by atoms with Crippen molar-refractivity contribution in [2.24, 2.45) is 11.7 Å². The summed E-state index contributed by atoms with van der Waals surface area (Å²) in [6.07, 6.45) is 2.06. The molecule has 26 heavy (non-hydrogen) atoms. The molecule has 1 aromatic heterocycles. The quantitative estimate of drug-likeness (QED) is 0.323. The fraction of sp³-hybridized carbons (Fsp3) is 0.650. The molecule has 0 amide bonds. The lowest BCUT2D eigenvalue weighted by Gasteiger charge is -2.49. The van der Waals surface area contributed by atoms with Crippen LogP contribution in [0.25, 0.3) is 5.70 Å². The Morgan fingerprint density at radius 1 is 1.31 bits per heavy atom. The molecule has 0 radical (unpaired) electrons. The summed E-state index contributed by atoms with van der Waals surface area (Å²) in [4.78, 5) is 4.53. The summed E-state index contributed by atoms with van der Waals surface area (Å²) in [6.45, 7) is 15.8. The minimum Gasteiger partial charge on any atom is -0.413 e. The lowest BCUT2D eigenvalue weighted by atomic mass is 9.71. The van der Waals surface area contributed by atoms with Gasteiger partial charge in [0, 0.05) is 10.7 Å². The molecule has 0 saturated heterocycles. The smallest absolute Gasteiger partial charge is 0.192 e. The maximum atomic E-state index is 6.72. The molecular formula is C20H33BrN2OSSi. The molecule has 2 rings (SSSR count). The van der Waals surface area contributed by atoms with Crippen LogP contribution >= 0.6 is 28.6 Å². The van der Waals surface area contributed by atoms with Crippen molar-refractivity contribution in [1.82, 2.24) is 4.98 Å². The number of pyridine rings is 1. The van der Waals surface area contributed by atoms with E-state index >= 15 is 0 Å². The Morgan fingerprint density at radius 2 is 1.92 bits per heavy atom. The van der Waals surface area contributed by atoms with E-state index in [2.05, 4.69) is 68.6 Å². The molecule has 1 heterocycles. The van der Waals surface area contributed by atoms with Crippen molar-refractivity contribution >= 4 is 42.6 Å². The average molecular weight is 458 g/mol. The van der Waals surface area contributed by atoms with Gasteiger partial charge in [0.15, 0.2) is 8.32 Å². The first kappa shape index (κ1) is 22.0. The molecule has 1 saturated carbocycles. The summed E-state index contributed by atoms with van der Waals surface area (Å²) in [6, 6.07) is 5.86. The zero-order valence-corrected chi connectivity index (χ0v) is 20.5. The average Bonchev–Trinajstić information content (AvgIpc) is 2.46. The van der Waals surface area contributed by atoms with Gasteiger partial charge in [0.25, 0.3) is 0 Å². The van der Waals surface area contributed by atoms with Gasteiger partial charge >= 0.3 is 0 Å². The van der Waals surface area contributed by atoms with Crippen molar-refractivity contribution in [1.29, 1.82) is 0 Å². The van der Waals surface area contributed by atoms with E-state index in [-0.39, 0.29) is 15.9 Å². The third-order valence-corrected chi connectivity index (χ3v) is 10.8. The molecule has 0 aliphatic heterocycles. The Morgan fingerprint density at radius 3 is 2.42 bits per heavy atom. The lowest BCUT2D eigenvalue weighted by Crippen LogP contribution is -2.51. The third-order valence-electron chi connectivity index (χ3n) is 5.63. The molecule has 1 unspecified atom stereocenters. The molecule has 1 aromatic rings. The Hall–Kier alpha value is -0.303. The summed E-state index contributed by atoms with van der Waals surface area (Å²) in [7, 11) is -1.82. The summed E-state index contributed by atoms with van der Waals surface area (Å²) in [5.41, 5.74) is 9.41. The molecule has 1 aliphatic rings. The van der Waals surface area contributed by atoms with Crippen LogP contribution < -0.4 is 5.73 Å². The number of thiol groups is 1. The Balaban J connectivity index is 2.30. The number of halogens is 1. The van der Waals surface area contributed by atoms with E-state index in [1.54, 1.807) is 0 Å². The Bertz CT molecular complexity index is 692. The van der Waals surface area contributed by atoms with Gasteiger partial charge in [-0.05, 0) is 64.6 Å². The topological polar surface area (TPSA) is 48.1 Å². The zero-order chi connectivity index (χ0) is 19.9. The van der Waals surface area contributed by atoms with E-state index < -0.39 is 8.32 Å². The van der Waals surface area contributed by atoms with Gasteiger partial charge in [-0.25, -0.2) is 4.98 Å². The number of hydrogen-bond donors (Lipinski definition) is 2. The monoisotopic (exact) mass is 456 g/mol. The lowest BCUT2D eigenvalue weighted by molar-refractivity contribution is 0.0758. The van der Waals surface area contributed by atoms with Crippen LogP contribution in [0.2, 0.25) is 18.1 Å². The highest BCUT2D eigenvalue weighted by molar-refractivity contribution is 9.10. The molecule has 0 bridgehead atoms. The highest BCUT2D eigenvalue weighted by atomic mass is 79.9. The van der Waals surface area contributed by atoms with Crippen molar-refractivity contribution in [3.63, 3.8) is 0 Å². The minimum atomic E-state index is -1.82. The molecule has 1 aliphatic carbocycles. The van der Waals surface area contributed by atoms with E-state index in [4.69, 9.17) is 22.8 Å². The first-order chi connectivity index (χ1) is 11.7. The standard InChI is InChI=1S/C20H33BrN2OSSi/c1-19(2,3)26(6,7)24-16-11-13(14(16)12-20(4,5)25)18(22)15-9-8-10-17(21)23-15/h8-10,14,16,25H,11-12,22H2,1-7H3/b18-13-/t14-,16?/m0/s1. The van der Waals surface area contributed by atoms with Gasteiger partial charge in [0.1, 0.15) is 4.60 Å². The number of aromatic nitrogens is 1. The van der Waals surface area contributed by atoms with E-state index in [1.165, 1.54) is 5.57 Å². The predicted octanol–water partition coefficient (Wildman–Crippen LogP) is 6.02. The van der Waals surface area contributed by atoms with Crippen LogP contribution in [0, 0.1) is 5.92 Å². The minimum absolute atomic E-state index is 0.0731. The number of hydrogen-bond acceptors (Lipinski definition) is 4. The molecule has 0 aromatic carbocycles. The summed E-state index contributed by atoms with van der Waals surface area (Å²) in [5.74, 6) is 0.303.